The third-order valence-corrected chi connectivity index (χ3v) is 3.04. The normalized spacial score (nSPS) is 12.9. The van der Waals surface area contributed by atoms with Crippen molar-refractivity contribution in [1.82, 2.24) is 19.6 Å². The van der Waals surface area contributed by atoms with Gasteiger partial charge in [0.15, 0.2) is 0 Å². The van der Waals surface area contributed by atoms with Gasteiger partial charge in [-0.05, 0) is 38.3 Å². The predicted octanol–water partition coefficient (Wildman–Crippen LogP) is 1.61. The van der Waals surface area contributed by atoms with Gasteiger partial charge in [0.1, 0.15) is 0 Å². The SMILES string of the molecule is CCn1nc(C)cc1C(O)CCc1cnn(C)c1. The number of aliphatic hydroxyl groups is 1. The average molecular weight is 248 g/mol. The number of hydrogen-bond donors (Lipinski definition) is 1. The van der Waals surface area contributed by atoms with Crippen LogP contribution in [0.2, 0.25) is 0 Å². The van der Waals surface area contributed by atoms with E-state index >= 15 is 0 Å². The fourth-order valence-electron chi connectivity index (χ4n) is 2.14. The molecule has 0 aromatic carbocycles. The van der Waals surface area contributed by atoms with E-state index in [1.807, 2.05) is 44.0 Å². The molecule has 0 fully saturated rings. The lowest BCUT2D eigenvalue weighted by Gasteiger charge is -2.11. The molecule has 0 radical (unpaired) electrons. The highest BCUT2D eigenvalue weighted by Gasteiger charge is 2.14. The molecule has 1 atom stereocenters. The van der Waals surface area contributed by atoms with Crippen molar-refractivity contribution < 1.29 is 5.11 Å². The van der Waals surface area contributed by atoms with Gasteiger partial charge in [-0.25, -0.2) is 0 Å². The van der Waals surface area contributed by atoms with Crippen LogP contribution in [-0.4, -0.2) is 24.7 Å². The van der Waals surface area contributed by atoms with Gasteiger partial charge >= 0.3 is 0 Å². The Morgan fingerprint density at radius 1 is 1.44 bits per heavy atom. The quantitative estimate of drug-likeness (QED) is 0.874. The Kier molecular flexibility index (Phi) is 3.81. The van der Waals surface area contributed by atoms with Crippen molar-refractivity contribution in [3.63, 3.8) is 0 Å². The molecule has 1 unspecified atom stereocenters. The van der Waals surface area contributed by atoms with Gasteiger partial charge in [-0.1, -0.05) is 0 Å². The van der Waals surface area contributed by atoms with Gasteiger partial charge in [-0.15, -0.1) is 0 Å². The van der Waals surface area contributed by atoms with Crippen LogP contribution in [0.5, 0.6) is 0 Å². The maximum Gasteiger partial charge on any atom is 0.0960 e. The Labute approximate surface area is 107 Å². The molecule has 2 aromatic rings. The van der Waals surface area contributed by atoms with E-state index in [2.05, 4.69) is 10.2 Å². The van der Waals surface area contributed by atoms with E-state index < -0.39 is 6.10 Å². The zero-order valence-electron chi connectivity index (χ0n) is 11.2. The molecule has 1 N–H and O–H groups in total. The van der Waals surface area contributed by atoms with Crippen molar-refractivity contribution in [1.29, 1.82) is 0 Å². The molecular weight excluding hydrogens is 228 g/mol. The molecule has 0 bridgehead atoms. The Morgan fingerprint density at radius 2 is 2.22 bits per heavy atom. The van der Waals surface area contributed by atoms with Crippen molar-refractivity contribution >= 4 is 0 Å². The van der Waals surface area contributed by atoms with Crippen LogP contribution in [0.25, 0.3) is 0 Å². The summed E-state index contributed by atoms with van der Waals surface area (Å²) in [5, 5.41) is 18.7. The summed E-state index contributed by atoms with van der Waals surface area (Å²) < 4.78 is 3.64. The van der Waals surface area contributed by atoms with E-state index in [0.717, 1.165) is 29.9 Å². The summed E-state index contributed by atoms with van der Waals surface area (Å²) in [6, 6.07) is 1.96. The Bertz CT molecular complexity index is 515. The predicted molar refractivity (Wildman–Crippen MR) is 69.1 cm³/mol. The van der Waals surface area contributed by atoms with Crippen molar-refractivity contribution in [2.75, 3.05) is 0 Å². The highest BCUT2D eigenvalue weighted by molar-refractivity contribution is 5.13. The summed E-state index contributed by atoms with van der Waals surface area (Å²) in [7, 11) is 1.90. The van der Waals surface area contributed by atoms with Gasteiger partial charge in [-0.3, -0.25) is 9.36 Å². The molecule has 5 heteroatoms. The standard InChI is InChI=1S/C13H20N4O/c1-4-17-12(7-10(2)15-17)13(18)6-5-11-8-14-16(3)9-11/h7-9,13,18H,4-6H2,1-3H3. The zero-order chi connectivity index (χ0) is 13.1. The molecule has 5 nitrogen and oxygen atoms in total. The molecule has 98 valence electrons. The Hall–Kier alpha value is -1.62. The lowest BCUT2D eigenvalue weighted by atomic mass is 10.1. The second-order valence-corrected chi connectivity index (χ2v) is 4.60. The largest absolute Gasteiger partial charge is 0.387 e. The summed E-state index contributed by atoms with van der Waals surface area (Å²) in [6.45, 7) is 4.76. The van der Waals surface area contributed by atoms with Crippen LogP contribution >= 0.6 is 0 Å². The summed E-state index contributed by atoms with van der Waals surface area (Å²) in [6.07, 6.45) is 4.87. The van der Waals surface area contributed by atoms with Gasteiger partial charge in [-0.2, -0.15) is 10.2 Å². The molecular formula is C13H20N4O. The van der Waals surface area contributed by atoms with E-state index in [0.29, 0.717) is 6.42 Å². The van der Waals surface area contributed by atoms with E-state index in [9.17, 15) is 5.11 Å². The maximum atomic E-state index is 10.2. The van der Waals surface area contributed by atoms with E-state index in [-0.39, 0.29) is 0 Å². The molecule has 0 aliphatic carbocycles. The smallest absolute Gasteiger partial charge is 0.0960 e. The minimum atomic E-state index is -0.466. The second-order valence-electron chi connectivity index (χ2n) is 4.60. The first-order chi connectivity index (χ1) is 8.60. The van der Waals surface area contributed by atoms with Crippen LogP contribution in [0.1, 0.15) is 36.4 Å². The minimum absolute atomic E-state index is 0.466. The fraction of sp³-hybridized carbons (Fsp3) is 0.538. The molecule has 2 rings (SSSR count). The van der Waals surface area contributed by atoms with Gasteiger partial charge in [0.25, 0.3) is 0 Å². The third kappa shape index (κ3) is 2.79. The number of aliphatic hydroxyl groups excluding tert-OH is 1. The van der Waals surface area contributed by atoms with Crippen LogP contribution in [0, 0.1) is 6.92 Å². The zero-order valence-corrected chi connectivity index (χ0v) is 11.2. The molecule has 0 amide bonds. The summed E-state index contributed by atoms with van der Waals surface area (Å²) >= 11 is 0. The maximum absolute atomic E-state index is 10.2. The van der Waals surface area contributed by atoms with Crippen LogP contribution < -0.4 is 0 Å². The van der Waals surface area contributed by atoms with Gasteiger partial charge in [0.2, 0.25) is 0 Å². The van der Waals surface area contributed by atoms with E-state index in [1.165, 1.54) is 0 Å². The van der Waals surface area contributed by atoms with Crippen molar-refractivity contribution in [3.8, 4) is 0 Å². The molecule has 18 heavy (non-hydrogen) atoms. The average Bonchev–Trinajstić information content (AvgIpc) is 2.92. The van der Waals surface area contributed by atoms with Crippen molar-refractivity contribution in [2.24, 2.45) is 7.05 Å². The first-order valence-electron chi connectivity index (χ1n) is 6.30. The first kappa shape index (κ1) is 12.8. The Balaban J connectivity index is 2.00. The highest BCUT2D eigenvalue weighted by Crippen LogP contribution is 2.20. The van der Waals surface area contributed by atoms with Crippen LogP contribution in [-0.2, 0) is 20.0 Å². The van der Waals surface area contributed by atoms with Gasteiger partial charge < -0.3 is 5.11 Å². The highest BCUT2D eigenvalue weighted by atomic mass is 16.3. The molecule has 0 saturated carbocycles. The third-order valence-electron chi connectivity index (χ3n) is 3.04. The summed E-state index contributed by atoms with van der Waals surface area (Å²) in [4.78, 5) is 0. The van der Waals surface area contributed by atoms with Crippen molar-refractivity contribution in [2.45, 2.75) is 39.3 Å². The van der Waals surface area contributed by atoms with Crippen molar-refractivity contribution in [3.05, 3.63) is 35.4 Å². The summed E-state index contributed by atoms with van der Waals surface area (Å²) in [5.41, 5.74) is 3.00. The Morgan fingerprint density at radius 3 is 2.83 bits per heavy atom. The lowest BCUT2D eigenvalue weighted by molar-refractivity contribution is 0.157. The number of rotatable bonds is 5. The van der Waals surface area contributed by atoms with E-state index in [4.69, 9.17) is 0 Å². The van der Waals surface area contributed by atoms with Gasteiger partial charge in [0.05, 0.1) is 23.7 Å². The topological polar surface area (TPSA) is 55.9 Å². The number of aromatic nitrogens is 4. The number of nitrogens with zero attached hydrogens (tertiary/aromatic N) is 4. The van der Waals surface area contributed by atoms with Crippen LogP contribution in [0.4, 0.5) is 0 Å². The second kappa shape index (κ2) is 5.35. The molecule has 0 aliphatic rings. The molecule has 0 saturated heterocycles. The summed E-state index contributed by atoms with van der Waals surface area (Å²) in [5.74, 6) is 0. The minimum Gasteiger partial charge on any atom is -0.387 e. The van der Waals surface area contributed by atoms with Crippen LogP contribution in [0.3, 0.4) is 0 Å². The number of hydrogen-bond acceptors (Lipinski definition) is 3. The molecule has 2 heterocycles. The lowest BCUT2D eigenvalue weighted by Crippen LogP contribution is -2.08. The molecule has 2 aromatic heterocycles. The molecule has 0 spiro atoms. The number of aryl methyl sites for hydroxylation is 4. The van der Waals surface area contributed by atoms with Crippen LogP contribution in [0.15, 0.2) is 18.5 Å². The molecule has 0 aliphatic heterocycles. The fourth-order valence-corrected chi connectivity index (χ4v) is 2.14. The first-order valence-corrected chi connectivity index (χ1v) is 6.30. The monoisotopic (exact) mass is 248 g/mol. The van der Waals surface area contributed by atoms with Gasteiger partial charge in [0, 0.05) is 19.8 Å². The van der Waals surface area contributed by atoms with E-state index in [1.54, 1.807) is 4.68 Å².